The van der Waals surface area contributed by atoms with Crippen molar-refractivity contribution in [1.82, 2.24) is 10.1 Å². The fourth-order valence-electron chi connectivity index (χ4n) is 3.34. The van der Waals surface area contributed by atoms with E-state index in [1.807, 2.05) is 35.2 Å². The average molecular weight is 338 g/mol. The van der Waals surface area contributed by atoms with E-state index < -0.39 is 0 Å². The van der Waals surface area contributed by atoms with Crippen LogP contribution in [-0.4, -0.2) is 22.5 Å². The van der Waals surface area contributed by atoms with Crippen LogP contribution >= 0.6 is 11.3 Å². The molecule has 0 N–H and O–H groups in total. The van der Waals surface area contributed by atoms with Crippen molar-refractivity contribution < 1.29 is 9.32 Å². The molecule has 1 aromatic carbocycles. The molecule has 4 nitrogen and oxygen atoms in total. The van der Waals surface area contributed by atoms with Crippen LogP contribution in [0.5, 0.6) is 0 Å². The van der Waals surface area contributed by atoms with E-state index in [2.05, 4.69) is 23.5 Å². The number of hydrogen-bond acceptors (Lipinski definition) is 4. The smallest absolute Gasteiger partial charge is 0.276 e. The summed E-state index contributed by atoms with van der Waals surface area (Å²) in [6.45, 7) is 2.86. The number of nitrogens with zero attached hydrogens (tertiary/aromatic N) is 2. The van der Waals surface area contributed by atoms with E-state index >= 15 is 0 Å². The van der Waals surface area contributed by atoms with E-state index in [9.17, 15) is 4.79 Å². The van der Waals surface area contributed by atoms with Gasteiger partial charge in [-0.15, -0.1) is 11.3 Å². The van der Waals surface area contributed by atoms with Crippen LogP contribution in [0.3, 0.4) is 0 Å². The zero-order valence-electron chi connectivity index (χ0n) is 13.4. The Hall–Kier alpha value is -2.40. The van der Waals surface area contributed by atoms with Crippen LogP contribution in [0.4, 0.5) is 0 Å². The quantitative estimate of drug-likeness (QED) is 0.704. The van der Waals surface area contributed by atoms with Gasteiger partial charge in [0.1, 0.15) is 0 Å². The highest BCUT2D eigenvalue weighted by atomic mass is 32.1. The summed E-state index contributed by atoms with van der Waals surface area (Å²) in [6.07, 6.45) is 1.82. The van der Waals surface area contributed by atoms with Crippen molar-refractivity contribution in [2.45, 2.75) is 25.8 Å². The predicted molar refractivity (Wildman–Crippen MR) is 94.0 cm³/mol. The molecule has 0 saturated heterocycles. The van der Waals surface area contributed by atoms with E-state index in [4.69, 9.17) is 4.52 Å². The second-order valence-corrected chi connectivity index (χ2v) is 6.91. The van der Waals surface area contributed by atoms with Crippen LogP contribution in [0.15, 0.2) is 52.4 Å². The Morgan fingerprint density at radius 1 is 1.33 bits per heavy atom. The minimum atomic E-state index is -0.0513. The second-order valence-electron chi connectivity index (χ2n) is 5.91. The molecule has 3 heterocycles. The minimum absolute atomic E-state index is 0.0513. The first kappa shape index (κ1) is 15.1. The number of fused-ring (bicyclic) bond motifs is 1. The van der Waals surface area contributed by atoms with Gasteiger partial charge in [0.2, 0.25) is 0 Å². The summed E-state index contributed by atoms with van der Waals surface area (Å²) in [5.41, 5.74) is 2.59. The maximum Gasteiger partial charge on any atom is 0.276 e. The number of rotatable bonds is 3. The summed E-state index contributed by atoms with van der Waals surface area (Å²) in [5.74, 6) is 0.574. The van der Waals surface area contributed by atoms with Crippen LogP contribution in [0.1, 0.15) is 40.3 Å². The molecule has 4 rings (SSSR count). The maximum atomic E-state index is 13.0. The van der Waals surface area contributed by atoms with Gasteiger partial charge in [-0.1, -0.05) is 42.4 Å². The van der Waals surface area contributed by atoms with Crippen molar-refractivity contribution in [3.05, 3.63) is 64.0 Å². The fourth-order valence-corrected chi connectivity index (χ4v) is 4.27. The first-order valence-corrected chi connectivity index (χ1v) is 9.05. The maximum absolute atomic E-state index is 13.0. The zero-order chi connectivity index (χ0) is 16.5. The number of hydrogen-bond donors (Lipinski definition) is 0. The van der Waals surface area contributed by atoms with Crippen LogP contribution in [0.25, 0.3) is 11.3 Å². The Balaban J connectivity index is 1.61. The SMILES string of the molecule is CCC1c2ccsc2CCN1C(=O)c1cc(-c2ccccc2)on1. The standard InChI is InChI=1S/C19H18N2O2S/c1-2-16-14-9-11-24-18(14)8-10-21(16)19(22)15-12-17(23-20-15)13-6-4-3-5-7-13/h3-7,9,11-12,16H,2,8,10H2,1H3. The van der Waals surface area contributed by atoms with E-state index in [-0.39, 0.29) is 11.9 Å². The molecule has 0 fully saturated rings. The number of amides is 1. The lowest BCUT2D eigenvalue weighted by Gasteiger charge is -2.34. The summed E-state index contributed by atoms with van der Waals surface area (Å²) in [6, 6.07) is 13.7. The Morgan fingerprint density at radius 3 is 2.96 bits per heavy atom. The van der Waals surface area contributed by atoms with Gasteiger partial charge < -0.3 is 9.42 Å². The molecule has 0 aliphatic carbocycles. The molecular weight excluding hydrogens is 320 g/mol. The molecule has 122 valence electrons. The van der Waals surface area contributed by atoms with E-state index in [1.165, 1.54) is 10.4 Å². The van der Waals surface area contributed by atoms with Crippen LogP contribution < -0.4 is 0 Å². The molecule has 5 heteroatoms. The number of thiophene rings is 1. The second kappa shape index (κ2) is 6.24. The summed E-state index contributed by atoms with van der Waals surface area (Å²) < 4.78 is 5.39. The molecule has 0 radical (unpaired) electrons. The van der Waals surface area contributed by atoms with Gasteiger partial charge in [0.05, 0.1) is 6.04 Å². The Bertz CT molecular complexity index is 853. The monoisotopic (exact) mass is 338 g/mol. The van der Waals surface area contributed by atoms with Gasteiger partial charge in [0.25, 0.3) is 5.91 Å². The average Bonchev–Trinajstić information content (AvgIpc) is 3.30. The van der Waals surface area contributed by atoms with Crippen molar-refractivity contribution in [1.29, 1.82) is 0 Å². The van der Waals surface area contributed by atoms with Gasteiger partial charge in [0.15, 0.2) is 11.5 Å². The van der Waals surface area contributed by atoms with Gasteiger partial charge in [0, 0.05) is 23.1 Å². The normalized spacial score (nSPS) is 16.9. The Labute approximate surface area is 144 Å². The van der Waals surface area contributed by atoms with Crippen LogP contribution in [0.2, 0.25) is 0 Å². The molecule has 1 atom stereocenters. The van der Waals surface area contributed by atoms with Crippen molar-refractivity contribution >= 4 is 17.2 Å². The predicted octanol–water partition coefficient (Wildman–Crippen LogP) is 4.55. The molecule has 3 aromatic rings. The first-order chi connectivity index (χ1) is 11.8. The third-order valence-electron chi connectivity index (χ3n) is 4.53. The Kier molecular flexibility index (Phi) is 3.94. The summed E-state index contributed by atoms with van der Waals surface area (Å²) in [7, 11) is 0. The van der Waals surface area contributed by atoms with Crippen molar-refractivity contribution in [3.8, 4) is 11.3 Å². The molecule has 1 amide bonds. The highest BCUT2D eigenvalue weighted by Gasteiger charge is 2.32. The highest BCUT2D eigenvalue weighted by molar-refractivity contribution is 7.10. The fraction of sp³-hybridized carbons (Fsp3) is 0.263. The Morgan fingerprint density at radius 2 is 2.17 bits per heavy atom. The molecule has 1 unspecified atom stereocenters. The summed E-state index contributed by atoms with van der Waals surface area (Å²) in [5, 5.41) is 6.13. The third-order valence-corrected chi connectivity index (χ3v) is 5.53. The minimum Gasteiger partial charge on any atom is -0.355 e. The lowest BCUT2D eigenvalue weighted by atomic mass is 9.97. The number of carbonyl (C=O) groups excluding carboxylic acids is 1. The van der Waals surface area contributed by atoms with Gasteiger partial charge in [-0.3, -0.25) is 4.79 Å². The molecule has 1 aliphatic rings. The molecule has 0 bridgehead atoms. The van der Waals surface area contributed by atoms with Crippen molar-refractivity contribution in [2.24, 2.45) is 0 Å². The lowest BCUT2D eigenvalue weighted by Crippen LogP contribution is -2.39. The number of benzene rings is 1. The molecule has 0 spiro atoms. The van der Waals surface area contributed by atoms with Gasteiger partial charge in [-0.2, -0.15) is 0 Å². The lowest BCUT2D eigenvalue weighted by molar-refractivity contribution is 0.0647. The van der Waals surface area contributed by atoms with Crippen molar-refractivity contribution in [3.63, 3.8) is 0 Å². The molecular formula is C19H18N2O2S. The van der Waals surface area contributed by atoms with Crippen molar-refractivity contribution in [2.75, 3.05) is 6.54 Å². The molecule has 0 saturated carbocycles. The zero-order valence-corrected chi connectivity index (χ0v) is 14.3. The van der Waals surface area contributed by atoms with E-state index in [0.717, 1.165) is 24.9 Å². The van der Waals surface area contributed by atoms with Gasteiger partial charge in [-0.05, 0) is 29.9 Å². The van der Waals surface area contributed by atoms with Crippen LogP contribution in [-0.2, 0) is 6.42 Å². The first-order valence-electron chi connectivity index (χ1n) is 8.17. The van der Waals surface area contributed by atoms with Gasteiger partial charge in [-0.25, -0.2) is 0 Å². The number of aromatic nitrogens is 1. The third kappa shape index (κ3) is 2.55. The van der Waals surface area contributed by atoms with E-state index in [0.29, 0.717) is 11.5 Å². The van der Waals surface area contributed by atoms with E-state index in [1.54, 1.807) is 17.4 Å². The summed E-state index contributed by atoms with van der Waals surface area (Å²) >= 11 is 1.78. The summed E-state index contributed by atoms with van der Waals surface area (Å²) in [4.78, 5) is 16.3. The molecule has 24 heavy (non-hydrogen) atoms. The largest absolute Gasteiger partial charge is 0.355 e. The highest BCUT2D eigenvalue weighted by Crippen LogP contribution is 2.36. The number of carbonyl (C=O) groups is 1. The topological polar surface area (TPSA) is 46.3 Å². The van der Waals surface area contributed by atoms with Gasteiger partial charge >= 0.3 is 0 Å². The van der Waals surface area contributed by atoms with Crippen LogP contribution in [0, 0.1) is 0 Å². The molecule has 2 aromatic heterocycles. The molecule has 1 aliphatic heterocycles.